The Morgan fingerprint density at radius 1 is 1.06 bits per heavy atom. The normalized spacial score (nSPS) is 14.9. The third-order valence-corrected chi connectivity index (χ3v) is 4.81. The molecule has 0 saturated carbocycles. The molecule has 3 aromatic rings. The van der Waals surface area contributed by atoms with Crippen molar-refractivity contribution in [3.63, 3.8) is 0 Å². The molecule has 0 aliphatic carbocycles. The average molecular weight is 493 g/mol. The van der Waals surface area contributed by atoms with Gasteiger partial charge in [-0.25, -0.2) is 23.6 Å². The van der Waals surface area contributed by atoms with Crippen molar-refractivity contribution in [1.82, 2.24) is 4.98 Å². The number of urea groups is 1. The van der Waals surface area contributed by atoms with E-state index in [1.54, 1.807) is 6.92 Å². The Balaban J connectivity index is 1.48. The molecule has 0 bridgehead atoms. The number of amides is 2. The van der Waals surface area contributed by atoms with Gasteiger partial charge in [0.1, 0.15) is 23.1 Å². The van der Waals surface area contributed by atoms with Crippen LogP contribution in [0.2, 0.25) is 0 Å². The minimum absolute atomic E-state index is 0.0216. The van der Waals surface area contributed by atoms with Crippen LogP contribution in [0, 0.1) is 11.6 Å². The van der Waals surface area contributed by atoms with Crippen molar-refractivity contribution in [1.29, 1.82) is 0 Å². The van der Waals surface area contributed by atoms with Crippen molar-refractivity contribution in [2.24, 2.45) is 4.99 Å². The first kappa shape index (κ1) is 23.9. The number of benzene rings is 2. The molecule has 4 rings (SSSR count). The number of fused-ring (bicyclic) bond motifs is 1. The first-order chi connectivity index (χ1) is 16.5. The summed E-state index contributed by atoms with van der Waals surface area (Å²) in [6, 6.07) is 5.22. The second-order valence-corrected chi connectivity index (χ2v) is 7.32. The summed E-state index contributed by atoms with van der Waals surface area (Å²) in [4.78, 5) is 20.3. The van der Waals surface area contributed by atoms with E-state index in [4.69, 9.17) is 4.74 Å². The maximum absolute atomic E-state index is 14.6. The fourth-order valence-electron chi connectivity index (χ4n) is 3.07. The summed E-state index contributed by atoms with van der Waals surface area (Å²) in [5.41, 5.74) is -1.55. The van der Waals surface area contributed by atoms with Gasteiger partial charge < -0.3 is 25.8 Å². The number of nitrogens with one attached hydrogen (secondary N) is 3. The lowest BCUT2D eigenvalue weighted by molar-refractivity contribution is -0.137. The molecule has 0 spiro atoms. The molecular formula is C22H16F5N5O3. The van der Waals surface area contributed by atoms with Crippen LogP contribution in [0.25, 0.3) is 0 Å². The van der Waals surface area contributed by atoms with E-state index in [2.05, 4.69) is 20.6 Å². The number of hydrogen-bond donors (Lipinski definition) is 4. The highest BCUT2D eigenvalue weighted by Gasteiger charge is 2.31. The van der Waals surface area contributed by atoms with Gasteiger partial charge >= 0.3 is 12.2 Å². The lowest BCUT2D eigenvalue weighted by atomic mass is 10.2. The van der Waals surface area contributed by atoms with Crippen LogP contribution in [-0.2, 0) is 6.18 Å². The molecule has 1 atom stereocenters. The van der Waals surface area contributed by atoms with E-state index in [-0.39, 0.29) is 28.7 Å². The molecular weight excluding hydrogens is 477 g/mol. The lowest BCUT2D eigenvalue weighted by Crippen LogP contribution is -2.29. The summed E-state index contributed by atoms with van der Waals surface area (Å²) in [6.45, 7) is 1.61. The van der Waals surface area contributed by atoms with Crippen molar-refractivity contribution in [3.8, 4) is 11.5 Å². The highest BCUT2D eigenvalue weighted by atomic mass is 19.4. The van der Waals surface area contributed by atoms with Gasteiger partial charge in [0.2, 0.25) is 0 Å². The number of nitrogens with zero attached hydrogens (tertiary/aromatic N) is 2. The Morgan fingerprint density at radius 3 is 2.51 bits per heavy atom. The predicted molar refractivity (Wildman–Crippen MR) is 117 cm³/mol. The number of hydrogen-bond acceptors (Lipinski definition) is 6. The predicted octanol–water partition coefficient (Wildman–Crippen LogP) is 5.65. The SMILES string of the molecule is CC1=Nc2nccc(Oc3ccc(NC(=O)Nc4cc(C(F)(F)F)ccc4F)c(F)c3)c2NC1O. The fraction of sp³-hybridized carbons (Fsp3) is 0.136. The van der Waals surface area contributed by atoms with Gasteiger partial charge in [-0.3, -0.25) is 0 Å². The third-order valence-electron chi connectivity index (χ3n) is 4.81. The van der Waals surface area contributed by atoms with Crippen LogP contribution in [-0.4, -0.2) is 28.1 Å². The molecule has 2 heterocycles. The van der Waals surface area contributed by atoms with Crippen LogP contribution in [0.4, 0.5) is 49.6 Å². The zero-order valence-corrected chi connectivity index (χ0v) is 17.7. The number of carbonyl (C=O) groups is 1. The number of aliphatic imine (C=N–C) groups is 1. The molecule has 1 aliphatic heterocycles. The number of ether oxygens (including phenoxy) is 1. The van der Waals surface area contributed by atoms with Gasteiger partial charge in [0.25, 0.3) is 0 Å². The Labute approximate surface area is 194 Å². The summed E-state index contributed by atoms with van der Waals surface area (Å²) in [5, 5.41) is 16.7. The van der Waals surface area contributed by atoms with Crippen LogP contribution < -0.4 is 20.7 Å². The highest BCUT2D eigenvalue weighted by molar-refractivity contribution is 6.00. The van der Waals surface area contributed by atoms with Crippen LogP contribution in [0.15, 0.2) is 53.7 Å². The van der Waals surface area contributed by atoms with E-state index in [0.717, 1.165) is 12.1 Å². The molecule has 0 saturated heterocycles. The van der Waals surface area contributed by atoms with Crippen LogP contribution >= 0.6 is 0 Å². The lowest BCUT2D eigenvalue weighted by Gasteiger charge is -2.22. The van der Waals surface area contributed by atoms with Gasteiger partial charge in [0.15, 0.2) is 17.8 Å². The molecule has 8 nitrogen and oxygen atoms in total. The minimum Gasteiger partial charge on any atom is -0.455 e. The summed E-state index contributed by atoms with van der Waals surface area (Å²) in [7, 11) is 0. The number of aromatic nitrogens is 1. The number of carbonyl (C=O) groups excluding carboxylic acids is 1. The molecule has 1 aromatic heterocycles. The number of halogens is 5. The standard InChI is InChI=1S/C22H16F5N5O3/c1-10-20(33)32-18-17(6-7-28-19(18)29-10)35-12-3-5-15(14(24)9-12)30-21(34)31-16-8-11(22(25,26)27)2-4-13(16)23/h2-9,20,32-33H,1H3,(H2,30,31,34). The molecule has 13 heteroatoms. The molecule has 1 unspecified atom stereocenters. The fourth-order valence-corrected chi connectivity index (χ4v) is 3.07. The van der Waals surface area contributed by atoms with Crippen molar-refractivity contribution < 1.29 is 36.6 Å². The molecule has 2 aromatic carbocycles. The summed E-state index contributed by atoms with van der Waals surface area (Å²) >= 11 is 0. The zero-order chi connectivity index (χ0) is 25.3. The molecule has 182 valence electrons. The molecule has 0 fully saturated rings. The largest absolute Gasteiger partial charge is 0.455 e. The molecule has 2 amide bonds. The topological polar surface area (TPSA) is 108 Å². The Kier molecular flexibility index (Phi) is 6.26. The average Bonchev–Trinajstić information content (AvgIpc) is 2.78. The Hall–Kier alpha value is -4.26. The molecule has 0 radical (unpaired) electrons. The van der Waals surface area contributed by atoms with E-state index in [9.17, 15) is 31.9 Å². The van der Waals surface area contributed by atoms with Gasteiger partial charge in [-0.2, -0.15) is 13.2 Å². The maximum atomic E-state index is 14.6. The van der Waals surface area contributed by atoms with Gasteiger partial charge in [0.05, 0.1) is 22.6 Å². The Morgan fingerprint density at radius 2 is 1.80 bits per heavy atom. The van der Waals surface area contributed by atoms with Crippen LogP contribution in [0.5, 0.6) is 11.5 Å². The summed E-state index contributed by atoms with van der Waals surface area (Å²) < 4.78 is 72.5. The third kappa shape index (κ3) is 5.30. The van der Waals surface area contributed by atoms with E-state index in [1.165, 1.54) is 18.3 Å². The van der Waals surface area contributed by atoms with Crippen molar-refractivity contribution in [2.75, 3.05) is 16.0 Å². The van der Waals surface area contributed by atoms with Crippen molar-refractivity contribution in [3.05, 3.63) is 65.9 Å². The second-order valence-electron chi connectivity index (χ2n) is 7.32. The quantitative estimate of drug-likeness (QED) is 0.352. The maximum Gasteiger partial charge on any atom is 0.416 e. The van der Waals surface area contributed by atoms with Crippen molar-refractivity contribution in [2.45, 2.75) is 19.3 Å². The van der Waals surface area contributed by atoms with Gasteiger partial charge in [-0.05, 0) is 37.3 Å². The number of aliphatic hydroxyl groups excluding tert-OH is 1. The second kappa shape index (κ2) is 9.18. The van der Waals surface area contributed by atoms with Crippen LogP contribution in [0.3, 0.4) is 0 Å². The van der Waals surface area contributed by atoms with E-state index in [1.807, 2.05) is 5.32 Å². The summed E-state index contributed by atoms with van der Waals surface area (Å²) in [6.07, 6.45) is -4.39. The Bertz CT molecular complexity index is 1330. The zero-order valence-electron chi connectivity index (χ0n) is 17.7. The molecule has 1 aliphatic rings. The number of aliphatic hydroxyl groups is 1. The van der Waals surface area contributed by atoms with Gasteiger partial charge in [0, 0.05) is 18.3 Å². The van der Waals surface area contributed by atoms with E-state index < -0.39 is 41.3 Å². The van der Waals surface area contributed by atoms with Crippen LogP contribution in [0.1, 0.15) is 12.5 Å². The van der Waals surface area contributed by atoms with Gasteiger partial charge in [-0.1, -0.05) is 0 Å². The number of rotatable bonds is 4. The first-order valence-electron chi connectivity index (χ1n) is 9.92. The van der Waals surface area contributed by atoms with E-state index >= 15 is 0 Å². The molecule has 35 heavy (non-hydrogen) atoms. The van der Waals surface area contributed by atoms with Gasteiger partial charge in [-0.15, -0.1) is 0 Å². The number of alkyl halides is 3. The summed E-state index contributed by atoms with van der Waals surface area (Å²) in [5.74, 6) is -1.55. The first-order valence-corrected chi connectivity index (χ1v) is 9.92. The number of pyridine rings is 1. The molecule has 4 N–H and O–H groups in total. The van der Waals surface area contributed by atoms with Crippen molar-refractivity contribution >= 4 is 34.6 Å². The highest BCUT2D eigenvalue weighted by Crippen LogP contribution is 2.38. The van der Waals surface area contributed by atoms with E-state index in [0.29, 0.717) is 23.9 Å². The monoisotopic (exact) mass is 493 g/mol. The smallest absolute Gasteiger partial charge is 0.416 e. The number of anilines is 3. The minimum atomic E-state index is -4.74.